The number of aromatic nitrogens is 1. The molecule has 0 aliphatic carbocycles. The van der Waals surface area contributed by atoms with Crippen LogP contribution in [0.15, 0.2) is 28.8 Å². The summed E-state index contributed by atoms with van der Waals surface area (Å²) in [4.78, 5) is 0. The van der Waals surface area contributed by atoms with E-state index in [0.717, 1.165) is 11.3 Å². The van der Waals surface area contributed by atoms with E-state index < -0.39 is 0 Å². The maximum atomic E-state index is 13.0. The van der Waals surface area contributed by atoms with Crippen LogP contribution in [-0.2, 0) is 6.61 Å². The van der Waals surface area contributed by atoms with E-state index >= 15 is 0 Å². The Hall–Kier alpha value is -1.84. The second kappa shape index (κ2) is 4.35. The highest BCUT2D eigenvalue weighted by Gasteiger charge is 2.04. The lowest BCUT2D eigenvalue weighted by Gasteiger charge is -2.06. The molecule has 0 amide bonds. The van der Waals surface area contributed by atoms with Gasteiger partial charge in [-0.2, -0.15) is 0 Å². The van der Waals surface area contributed by atoms with Crippen LogP contribution in [0.1, 0.15) is 17.0 Å². The van der Waals surface area contributed by atoms with E-state index in [1.807, 2.05) is 13.8 Å². The van der Waals surface area contributed by atoms with Crippen LogP contribution in [0, 0.1) is 19.7 Å². The first-order chi connectivity index (χ1) is 7.65. The summed E-state index contributed by atoms with van der Waals surface area (Å²) < 4.78 is 23.3. The van der Waals surface area contributed by atoms with Gasteiger partial charge in [-0.1, -0.05) is 11.2 Å². The van der Waals surface area contributed by atoms with Crippen LogP contribution in [0.5, 0.6) is 5.75 Å². The van der Waals surface area contributed by atoms with Crippen molar-refractivity contribution in [2.24, 2.45) is 0 Å². The van der Waals surface area contributed by atoms with Crippen molar-refractivity contribution >= 4 is 0 Å². The van der Waals surface area contributed by atoms with Gasteiger partial charge in [-0.05, 0) is 25.5 Å². The zero-order valence-corrected chi connectivity index (χ0v) is 9.16. The first-order valence-electron chi connectivity index (χ1n) is 4.96. The Kier molecular flexibility index (Phi) is 2.90. The van der Waals surface area contributed by atoms with Crippen LogP contribution in [0.2, 0.25) is 0 Å². The smallest absolute Gasteiger partial charge is 0.134 e. The fraction of sp³-hybridized carbons (Fsp3) is 0.250. The van der Waals surface area contributed by atoms with Crippen molar-refractivity contribution in [1.29, 1.82) is 0 Å². The van der Waals surface area contributed by atoms with Gasteiger partial charge in [-0.15, -0.1) is 0 Å². The van der Waals surface area contributed by atoms with Gasteiger partial charge >= 0.3 is 0 Å². The lowest BCUT2D eigenvalue weighted by Crippen LogP contribution is -1.97. The molecule has 0 unspecified atom stereocenters. The zero-order chi connectivity index (χ0) is 11.5. The molecule has 0 saturated carbocycles. The third-order valence-electron chi connectivity index (χ3n) is 2.20. The highest BCUT2D eigenvalue weighted by atomic mass is 19.1. The van der Waals surface area contributed by atoms with Crippen LogP contribution >= 0.6 is 0 Å². The summed E-state index contributed by atoms with van der Waals surface area (Å²) in [6, 6.07) is 6.23. The van der Waals surface area contributed by atoms with Gasteiger partial charge < -0.3 is 9.26 Å². The van der Waals surface area contributed by atoms with Gasteiger partial charge in [-0.3, -0.25) is 0 Å². The van der Waals surface area contributed by atoms with Crippen molar-refractivity contribution in [1.82, 2.24) is 5.16 Å². The van der Waals surface area contributed by atoms with Crippen LogP contribution in [0.4, 0.5) is 4.39 Å². The van der Waals surface area contributed by atoms with Crippen LogP contribution in [0.25, 0.3) is 0 Å². The monoisotopic (exact) mass is 221 g/mol. The molecule has 1 heterocycles. The van der Waals surface area contributed by atoms with E-state index in [1.165, 1.54) is 12.1 Å². The van der Waals surface area contributed by atoms with Gasteiger partial charge in [0.2, 0.25) is 0 Å². The van der Waals surface area contributed by atoms with Crippen molar-refractivity contribution < 1.29 is 13.7 Å². The van der Waals surface area contributed by atoms with Gasteiger partial charge in [0.25, 0.3) is 0 Å². The lowest BCUT2D eigenvalue weighted by molar-refractivity contribution is 0.285. The van der Waals surface area contributed by atoms with Crippen molar-refractivity contribution in [3.63, 3.8) is 0 Å². The van der Waals surface area contributed by atoms with Crippen molar-refractivity contribution in [3.05, 3.63) is 47.1 Å². The van der Waals surface area contributed by atoms with E-state index in [4.69, 9.17) is 9.26 Å². The van der Waals surface area contributed by atoms with E-state index in [0.29, 0.717) is 11.4 Å². The maximum absolute atomic E-state index is 13.0. The van der Waals surface area contributed by atoms with Gasteiger partial charge in [0.15, 0.2) is 0 Å². The molecule has 0 N–H and O–H groups in total. The van der Waals surface area contributed by atoms with E-state index in [2.05, 4.69) is 5.16 Å². The van der Waals surface area contributed by atoms with Crippen LogP contribution in [0.3, 0.4) is 0 Å². The Balaban J connectivity index is 2.07. The highest BCUT2D eigenvalue weighted by molar-refractivity contribution is 5.32. The molecule has 4 heteroatoms. The summed E-state index contributed by atoms with van der Waals surface area (Å²) in [7, 11) is 0. The SMILES string of the molecule is Cc1cc(COc2cc(F)ccc2C)no1. The van der Waals surface area contributed by atoms with Gasteiger partial charge in [-0.25, -0.2) is 4.39 Å². The van der Waals surface area contributed by atoms with Gasteiger partial charge in [0, 0.05) is 12.1 Å². The number of benzene rings is 1. The average molecular weight is 221 g/mol. The molecule has 0 saturated heterocycles. The van der Waals surface area contributed by atoms with Gasteiger partial charge in [0.1, 0.15) is 29.6 Å². The fourth-order valence-corrected chi connectivity index (χ4v) is 1.37. The molecule has 0 aliphatic rings. The van der Waals surface area contributed by atoms with Crippen molar-refractivity contribution in [2.75, 3.05) is 0 Å². The van der Waals surface area contributed by atoms with E-state index in [1.54, 1.807) is 12.1 Å². The molecule has 16 heavy (non-hydrogen) atoms. The number of rotatable bonds is 3. The summed E-state index contributed by atoms with van der Waals surface area (Å²) in [5.74, 6) is 0.951. The predicted molar refractivity (Wildman–Crippen MR) is 56.7 cm³/mol. The lowest BCUT2D eigenvalue weighted by atomic mass is 10.2. The third-order valence-corrected chi connectivity index (χ3v) is 2.20. The predicted octanol–water partition coefficient (Wildman–Crippen LogP) is 3.01. The molecular formula is C12H12FNO2. The zero-order valence-electron chi connectivity index (χ0n) is 9.16. The number of nitrogens with zero attached hydrogens (tertiary/aromatic N) is 1. The quantitative estimate of drug-likeness (QED) is 0.799. The average Bonchev–Trinajstić information content (AvgIpc) is 2.66. The number of ether oxygens (including phenoxy) is 1. The minimum Gasteiger partial charge on any atom is -0.487 e. The van der Waals surface area contributed by atoms with Crippen LogP contribution in [-0.4, -0.2) is 5.16 Å². The Bertz CT molecular complexity index is 494. The minimum absolute atomic E-state index is 0.279. The number of hydrogen-bond donors (Lipinski definition) is 0. The summed E-state index contributed by atoms with van der Waals surface area (Å²) >= 11 is 0. The topological polar surface area (TPSA) is 35.3 Å². The number of halogens is 1. The fourth-order valence-electron chi connectivity index (χ4n) is 1.37. The summed E-state index contributed by atoms with van der Waals surface area (Å²) in [6.07, 6.45) is 0. The molecule has 1 aromatic heterocycles. The van der Waals surface area contributed by atoms with Crippen molar-refractivity contribution in [3.8, 4) is 5.75 Å². The van der Waals surface area contributed by atoms with Crippen molar-refractivity contribution in [2.45, 2.75) is 20.5 Å². The molecule has 3 nitrogen and oxygen atoms in total. The first kappa shape index (κ1) is 10.7. The third kappa shape index (κ3) is 2.39. The Morgan fingerprint density at radius 2 is 2.12 bits per heavy atom. The molecule has 0 aliphatic heterocycles. The molecule has 0 radical (unpaired) electrons. The molecule has 2 rings (SSSR count). The molecule has 2 aromatic rings. The summed E-state index contributed by atoms with van der Waals surface area (Å²) in [6.45, 7) is 3.95. The standard InChI is InChI=1S/C12H12FNO2/c1-8-3-4-10(13)6-12(8)15-7-11-5-9(2)16-14-11/h3-6H,7H2,1-2H3. The summed E-state index contributed by atoms with van der Waals surface area (Å²) in [5, 5.41) is 3.79. The molecular weight excluding hydrogens is 209 g/mol. The molecule has 84 valence electrons. The molecule has 0 atom stereocenters. The molecule has 0 spiro atoms. The molecule has 0 fully saturated rings. The Labute approximate surface area is 92.8 Å². The second-order valence-corrected chi connectivity index (χ2v) is 3.63. The van der Waals surface area contributed by atoms with Gasteiger partial charge in [0.05, 0.1) is 0 Å². The molecule has 1 aromatic carbocycles. The number of hydrogen-bond acceptors (Lipinski definition) is 3. The normalized spacial score (nSPS) is 10.4. The molecule has 0 bridgehead atoms. The Morgan fingerprint density at radius 1 is 1.31 bits per heavy atom. The highest BCUT2D eigenvalue weighted by Crippen LogP contribution is 2.19. The minimum atomic E-state index is -0.308. The van der Waals surface area contributed by atoms with E-state index in [-0.39, 0.29) is 12.4 Å². The number of aryl methyl sites for hydroxylation is 2. The largest absolute Gasteiger partial charge is 0.487 e. The first-order valence-corrected chi connectivity index (χ1v) is 4.96. The Morgan fingerprint density at radius 3 is 2.81 bits per heavy atom. The summed E-state index contributed by atoms with van der Waals surface area (Å²) in [5.41, 5.74) is 1.59. The van der Waals surface area contributed by atoms with E-state index in [9.17, 15) is 4.39 Å². The van der Waals surface area contributed by atoms with Crippen LogP contribution < -0.4 is 4.74 Å². The second-order valence-electron chi connectivity index (χ2n) is 3.63. The maximum Gasteiger partial charge on any atom is 0.134 e.